The first kappa shape index (κ1) is 16.9. The van der Waals surface area contributed by atoms with Gasteiger partial charge in [-0.1, -0.05) is 36.4 Å². The zero-order valence-corrected chi connectivity index (χ0v) is 15.1. The molecule has 1 N–H and O–H groups in total. The number of hydrogen-bond acceptors (Lipinski definition) is 2. The maximum atomic E-state index is 12.9. The van der Waals surface area contributed by atoms with Crippen LogP contribution in [0.1, 0.15) is 40.4 Å². The van der Waals surface area contributed by atoms with Crippen molar-refractivity contribution in [3.63, 3.8) is 0 Å². The second kappa shape index (κ2) is 7.34. The van der Waals surface area contributed by atoms with Gasteiger partial charge >= 0.3 is 0 Å². The van der Waals surface area contributed by atoms with Gasteiger partial charge in [0.1, 0.15) is 0 Å². The van der Waals surface area contributed by atoms with Crippen molar-refractivity contribution in [3.8, 4) is 0 Å². The Morgan fingerprint density at radius 2 is 1.85 bits per heavy atom. The largest absolute Gasteiger partial charge is 0.380 e. The summed E-state index contributed by atoms with van der Waals surface area (Å²) < 4.78 is 5.23. The Morgan fingerprint density at radius 3 is 2.62 bits per heavy atom. The first-order chi connectivity index (χ1) is 12.8. The van der Waals surface area contributed by atoms with E-state index >= 15 is 0 Å². The van der Waals surface area contributed by atoms with Gasteiger partial charge in [0.25, 0.3) is 5.91 Å². The van der Waals surface area contributed by atoms with Crippen LogP contribution >= 0.6 is 0 Å². The third-order valence-corrected chi connectivity index (χ3v) is 5.32. The number of nitrogens with one attached hydrogen (secondary N) is 1. The first-order valence-electron chi connectivity index (χ1n) is 9.20. The van der Waals surface area contributed by atoms with Crippen LogP contribution in [0, 0.1) is 0 Å². The molecule has 4 nitrogen and oxygen atoms in total. The van der Waals surface area contributed by atoms with Crippen LogP contribution in [0.4, 0.5) is 0 Å². The normalized spacial score (nSPS) is 15.5. The van der Waals surface area contributed by atoms with Crippen LogP contribution in [0.2, 0.25) is 0 Å². The third kappa shape index (κ3) is 3.25. The molecule has 2 aromatic carbocycles. The van der Waals surface area contributed by atoms with Crippen molar-refractivity contribution >= 4 is 16.8 Å². The van der Waals surface area contributed by atoms with Crippen molar-refractivity contribution < 1.29 is 9.53 Å². The molecule has 0 spiro atoms. The maximum absolute atomic E-state index is 12.9. The minimum absolute atomic E-state index is 0.118. The molecule has 2 heterocycles. The number of methoxy groups -OCH3 is 1. The molecule has 0 bridgehead atoms. The van der Waals surface area contributed by atoms with Crippen molar-refractivity contribution in [2.75, 3.05) is 20.2 Å². The molecule has 1 fully saturated rings. The predicted octanol–water partition coefficient (Wildman–Crippen LogP) is 4.33. The van der Waals surface area contributed by atoms with E-state index in [0.717, 1.165) is 37.1 Å². The van der Waals surface area contributed by atoms with Crippen molar-refractivity contribution in [3.05, 3.63) is 71.4 Å². The number of rotatable bonds is 4. The summed E-state index contributed by atoms with van der Waals surface area (Å²) in [6.07, 6.45) is 1.98. The van der Waals surface area contributed by atoms with E-state index in [1.165, 1.54) is 16.6 Å². The van der Waals surface area contributed by atoms with E-state index in [0.29, 0.717) is 12.5 Å². The fraction of sp³-hybridized carbons (Fsp3) is 0.318. The highest BCUT2D eigenvalue weighted by molar-refractivity contribution is 5.95. The van der Waals surface area contributed by atoms with Gasteiger partial charge in [-0.05, 0) is 42.0 Å². The highest BCUT2D eigenvalue weighted by Gasteiger charge is 2.26. The minimum atomic E-state index is 0.118. The molecule has 134 valence electrons. The fourth-order valence-corrected chi connectivity index (χ4v) is 3.89. The number of likely N-dealkylation sites (tertiary alicyclic amines) is 1. The van der Waals surface area contributed by atoms with Gasteiger partial charge in [-0.15, -0.1) is 0 Å². The molecule has 0 aliphatic carbocycles. The summed E-state index contributed by atoms with van der Waals surface area (Å²) in [6.45, 7) is 2.05. The number of ether oxygens (including phenoxy) is 1. The van der Waals surface area contributed by atoms with Crippen LogP contribution in [0.3, 0.4) is 0 Å². The molecule has 0 radical (unpaired) electrons. The number of aromatic amines is 1. The highest BCUT2D eigenvalue weighted by atomic mass is 16.5. The summed E-state index contributed by atoms with van der Waals surface area (Å²) in [7, 11) is 1.66. The minimum Gasteiger partial charge on any atom is -0.380 e. The van der Waals surface area contributed by atoms with Gasteiger partial charge in [-0.2, -0.15) is 0 Å². The Kier molecular flexibility index (Phi) is 4.76. The lowest BCUT2D eigenvalue weighted by Gasteiger charge is -2.32. The second-order valence-corrected chi connectivity index (χ2v) is 6.97. The number of H-pyrrole nitrogens is 1. The van der Waals surface area contributed by atoms with Crippen molar-refractivity contribution in [1.82, 2.24) is 9.88 Å². The molecular weight excluding hydrogens is 324 g/mol. The zero-order valence-electron chi connectivity index (χ0n) is 15.1. The quantitative estimate of drug-likeness (QED) is 0.762. The Hall–Kier alpha value is -2.59. The molecule has 1 amide bonds. The Morgan fingerprint density at radius 1 is 1.12 bits per heavy atom. The third-order valence-electron chi connectivity index (χ3n) is 5.32. The molecule has 26 heavy (non-hydrogen) atoms. The topological polar surface area (TPSA) is 45.3 Å². The lowest BCUT2D eigenvalue weighted by Crippen LogP contribution is -2.38. The average molecular weight is 348 g/mol. The zero-order chi connectivity index (χ0) is 17.9. The van der Waals surface area contributed by atoms with Crippen molar-refractivity contribution in [1.29, 1.82) is 0 Å². The van der Waals surface area contributed by atoms with E-state index in [9.17, 15) is 4.79 Å². The van der Waals surface area contributed by atoms with E-state index in [2.05, 4.69) is 35.3 Å². The number of benzene rings is 2. The molecule has 0 atom stereocenters. The molecule has 4 rings (SSSR count). The summed E-state index contributed by atoms with van der Waals surface area (Å²) in [5.41, 5.74) is 4.20. The molecule has 0 saturated carbocycles. The second-order valence-electron chi connectivity index (χ2n) is 6.97. The van der Waals surface area contributed by atoms with Crippen LogP contribution in [0.25, 0.3) is 10.9 Å². The number of para-hydroxylation sites is 1. The van der Waals surface area contributed by atoms with Gasteiger partial charge in [0.2, 0.25) is 0 Å². The van der Waals surface area contributed by atoms with Gasteiger partial charge in [0.05, 0.1) is 6.61 Å². The summed E-state index contributed by atoms with van der Waals surface area (Å²) >= 11 is 0. The SMILES string of the molecule is COCc1ccccc1C(=O)N1CCC(c2cc3ccccc3[nH]2)CC1. The van der Waals surface area contributed by atoms with Gasteiger partial charge in [0, 0.05) is 42.9 Å². The van der Waals surface area contributed by atoms with Crippen LogP contribution in [-0.4, -0.2) is 36.0 Å². The van der Waals surface area contributed by atoms with Gasteiger partial charge < -0.3 is 14.6 Å². The number of nitrogens with zero attached hydrogens (tertiary/aromatic N) is 1. The molecule has 4 heteroatoms. The lowest BCUT2D eigenvalue weighted by atomic mass is 9.93. The Labute approximate surface area is 153 Å². The van der Waals surface area contributed by atoms with Gasteiger partial charge in [-0.25, -0.2) is 0 Å². The molecule has 1 aliphatic rings. The summed E-state index contributed by atoms with van der Waals surface area (Å²) in [6, 6.07) is 18.4. The Balaban J connectivity index is 1.45. The number of carbonyl (C=O) groups excluding carboxylic acids is 1. The van der Waals surface area contributed by atoms with E-state index < -0.39 is 0 Å². The number of aromatic nitrogens is 1. The fourth-order valence-electron chi connectivity index (χ4n) is 3.89. The van der Waals surface area contributed by atoms with E-state index in [-0.39, 0.29) is 5.91 Å². The number of hydrogen-bond donors (Lipinski definition) is 1. The molecular formula is C22H24N2O2. The monoisotopic (exact) mass is 348 g/mol. The number of amides is 1. The maximum Gasteiger partial charge on any atom is 0.254 e. The van der Waals surface area contributed by atoms with Gasteiger partial charge in [-0.3, -0.25) is 4.79 Å². The van der Waals surface area contributed by atoms with Crippen LogP contribution < -0.4 is 0 Å². The molecule has 1 aromatic heterocycles. The van der Waals surface area contributed by atoms with E-state index in [4.69, 9.17) is 4.74 Å². The molecule has 1 saturated heterocycles. The smallest absolute Gasteiger partial charge is 0.254 e. The van der Waals surface area contributed by atoms with Crippen LogP contribution in [-0.2, 0) is 11.3 Å². The standard InChI is InChI=1S/C22H24N2O2/c1-26-15-18-7-2-4-8-19(18)22(25)24-12-10-16(11-13-24)21-14-17-6-3-5-9-20(17)23-21/h2-9,14,16,23H,10-13,15H2,1H3. The van der Waals surface area contributed by atoms with Crippen molar-refractivity contribution in [2.24, 2.45) is 0 Å². The predicted molar refractivity (Wildman–Crippen MR) is 103 cm³/mol. The first-order valence-corrected chi connectivity index (χ1v) is 9.20. The molecule has 3 aromatic rings. The molecule has 0 unspecified atom stereocenters. The Bertz CT molecular complexity index is 874. The number of fused-ring (bicyclic) bond motifs is 1. The van der Waals surface area contributed by atoms with E-state index in [1.54, 1.807) is 7.11 Å². The average Bonchev–Trinajstić information content (AvgIpc) is 3.12. The highest BCUT2D eigenvalue weighted by Crippen LogP contribution is 2.30. The van der Waals surface area contributed by atoms with Gasteiger partial charge in [0.15, 0.2) is 0 Å². The van der Waals surface area contributed by atoms with E-state index in [1.807, 2.05) is 29.2 Å². The van der Waals surface area contributed by atoms with Crippen LogP contribution in [0.15, 0.2) is 54.6 Å². The lowest BCUT2D eigenvalue weighted by molar-refractivity contribution is 0.0707. The number of piperidine rings is 1. The summed E-state index contributed by atoms with van der Waals surface area (Å²) in [4.78, 5) is 18.5. The number of carbonyl (C=O) groups is 1. The summed E-state index contributed by atoms with van der Waals surface area (Å²) in [5.74, 6) is 0.605. The van der Waals surface area contributed by atoms with Crippen LogP contribution in [0.5, 0.6) is 0 Å². The van der Waals surface area contributed by atoms with Crippen molar-refractivity contribution in [2.45, 2.75) is 25.4 Å². The molecule has 1 aliphatic heterocycles. The summed E-state index contributed by atoms with van der Waals surface area (Å²) in [5, 5.41) is 1.26.